The summed E-state index contributed by atoms with van der Waals surface area (Å²) in [4.78, 5) is 1.37. The second-order valence-corrected chi connectivity index (χ2v) is 5.56. The van der Waals surface area contributed by atoms with Crippen LogP contribution in [0.4, 0.5) is 27.6 Å². The number of anilines is 1. The van der Waals surface area contributed by atoms with Crippen molar-refractivity contribution in [3.8, 4) is 0 Å². The lowest BCUT2D eigenvalue weighted by Gasteiger charge is -2.39. The van der Waals surface area contributed by atoms with Crippen LogP contribution in [-0.4, -0.2) is 31.3 Å². The van der Waals surface area contributed by atoms with Crippen molar-refractivity contribution in [2.75, 3.05) is 19.0 Å². The molecule has 1 atom stereocenters. The van der Waals surface area contributed by atoms with Gasteiger partial charge in [-0.25, -0.2) is 0 Å². The van der Waals surface area contributed by atoms with Crippen molar-refractivity contribution in [2.45, 2.75) is 17.7 Å². The molecule has 2 aromatic rings. The summed E-state index contributed by atoms with van der Waals surface area (Å²) in [6, 6.07) is 11.4. The molecule has 0 aliphatic heterocycles. The van der Waals surface area contributed by atoms with E-state index in [0.29, 0.717) is 0 Å². The Labute approximate surface area is 136 Å². The molecule has 0 bridgehead atoms. The third kappa shape index (κ3) is 2.73. The minimum atomic E-state index is -5.93. The van der Waals surface area contributed by atoms with Crippen molar-refractivity contribution in [3.63, 3.8) is 0 Å². The molecule has 1 N–H and O–H groups in total. The number of aliphatic hydroxyl groups is 1. The van der Waals surface area contributed by atoms with E-state index < -0.39 is 28.8 Å². The van der Waals surface area contributed by atoms with Crippen LogP contribution in [0.2, 0.25) is 0 Å². The molecule has 130 valence electrons. The van der Waals surface area contributed by atoms with Gasteiger partial charge in [0.25, 0.3) is 0 Å². The third-order valence-corrected chi connectivity index (χ3v) is 3.78. The summed E-state index contributed by atoms with van der Waals surface area (Å²) in [5, 5.41) is 10.8. The lowest BCUT2D eigenvalue weighted by molar-refractivity contribution is -0.336. The molecule has 0 aliphatic carbocycles. The lowest BCUT2D eigenvalue weighted by Crippen LogP contribution is -2.56. The fourth-order valence-corrected chi connectivity index (χ4v) is 2.56. The first-order valence-electron chi connectivity index (χ1n) is 7.02. The van der Waals surface area contributed by atoms with Gasteiger partial charge in [0.15, 0.2) is 5.60 Å². The van der Waals surface area contributed by atoms with Crippen LogP contribution in [0.1, 0.15) is 11.1 Å². The first-order valence-corrected chi connectivity index (χ1v) is 7.02. The van der Waals surface area contributed by atoms with Gasteiger partial charge < -0.3 is 10.0 Å². The molecule has 0 fully saturated rings. The molecular weight excluding hydrogens is 329 g/mol. The second kappa shape index (κ2) is 6.05. The SMILES string of the molecule is CN(C)c1ccccc1C(O)(c1ccccc1)C(F)(F)C(F)(F)F. The highest BCUT2D eigenvalue weighted by Gasteiger charge is 2.71. The van der Waals surface area contributed by atoms with Gasteiger partial charge >= 0.3 is 12.1 Å². The van der Waals surface area contributed by atoms with Gasteiger partial charge in [0, 0.05) is 25.3 Å². The zero-order valence-electron chi connectivity index (χ0n) is 13.0. The summed E-state index contributed by atoms with van der Waals surface area (Å²) in [6.07, 6.45) is -5.93. The molecule has 0 saturated heterocycles. The van der Waals surface area contributed by atoms with E-state index in [1.165, 1.54) is 55.4 Å². The van der Waals surface area contributed by atoms with Gasteiger partial charge in [0.05, 0.1) is 0 Å². The van der Waals surface area contributed by atoms with Gasteiger partial charge in [0.2, 0.25) is 0 Å². The number of hydrogen-bond donors (Lipinski definition) is 1. The van der Waals surface area contributed by atoms with Crippen LogP contribution in [0.3, 0.4) is 0 Å². The first kappa shape index (κ1) is 18.2. The van der Waals surface area contributed by atoms with Crippen molar-refractivity contribution in [1.82, 2.24) is 0 Å². The van der Waals surface area contributed by atoms with Crippen LogP contribution in [0.5, 0.6) is 0 Å². The van der Waals surface area contributed by atoms with Gasteiger partial charge in [-0.1, -0.05) is 48.5 Å². The quantitative estimate of drug-likeness (QED) is 0.840. The zero-order valence-corrected chi connectivity index (χ0v) is 13.0. The number of rotatable bonds is 4. The zero-order chi connectivity index (χ0) is 18.2. The molecule has 0 aliphatic rings. The summed E-state index contributed by atoms with van der Waals surface area (Å²) >= 11 is 0. The maximum atomic E-state index is 14.4. The molecule has 0 aromatic heterocycles. The highest BCUT2D eigenvalue weighted by Crippen LogP contribution is 2.53. The number of alkyl halides is 5. The molecule has 2 nitrogen and oxygen atoms in total. The average Bonchev–Trinajstić information content (AvgIpc) is 2.53. The summed E-state index contributed by atoms with van der Waals surface area (Å²) in [7, 11) is 2.99. The number of halogens is 5. The Hall–Kier alpha value is -2.15. The molecule has 24 heavy (non-hydrogen) atoms. The van der Waals surface area contributed by atoms with E-state index in [2.05, 4.69) is 0 Å². The first-order chi connectivity index (χ1) is 11.0. The molecule has 7 heteroatoms. The number of hydrogen-bond acceptors (Lipinski definition) is 2. The minimum Gasteiger partial charge on any atom is -0.377 e. The van der Waals surface area contributed by atoms with Crippen LogP contribution in [-0.2, 0) is 5.60 Å². The standard InChI is InChI=1S/C17H16F5NO/c1-23(2)14-11-7-6-10-13(14)15(24,12-8-4-3-5-9-12)16(18,19)17(20,21)22/h3-11,24H,1-2H3. The van der Waals surface area contributed by atoms with Crippen molar-refractivity contribution in [3.05, 3.63) is 65.7 Å². The van der Waals surface area contributed by atoms with Gasteiger partial charge in [-0.2, -0.15) is 22.0 Å². The van der Waals surface area contributed by atoms with Gasteiger partial charge in [-0.15, -0.1) is 0 Å². The Kier molecular flexibility index (Phi) is 4.59. The third-order valence-electron chi connectivity index (χ3n) is 3.78. The van der Waals surface area contributed by atoms with Crippen LogP contribution in [0, 0.1) is 0 Å². The van der Waals surface area contributed by atoms with Crippen molar-refractivity contribution in [1.29, 1.82) is 0 Å². The Morgan fingerprint density at radius 1 is 0.792 bits per heavy atom. The van der Waals surface area contributed by atoms with Gasteiger partial charge in [0.1, 0.15) is 0 Å². The maximum absolute atomic E-state index is 14.4. The molecule has 0 radical (unpaired) electrons. The van der Waals surface area contributed by atoms with E-state index in [1.807, 2.05) is 0 Å². The number of para-hydroxylation sites is 1. The molecule has 2 rings (SSSR count). The molecule has 1 unspecified atom stereocenters. The molecule has 0 spiro atoms. The highest BCUT2D eigenvalue weighted by atomic mass is 19.4. The number of benzene rings is 2. The maximum Gasteiger partial charge on any atom is 0.457 e. The Balaban J connectivity index is 2.85. The van der Waals surface area contributed by atoms with E-state index in [-0.39, 0.29) is 5.69 Å². The molecular formula is C17H16F5NO. The summed E-state index contributed by atoms with van der Waals surface area (Å²) in [6.45, 7) is 0. The summed E-state index contributed by atoms with van der Waals surface area (Å²) in [5.74, 6) is -5.40. The summed E-state index contributed by atoms with van der Waals surface area (Å²) < 4.78 is 68.1. The fraction of sp³-hybridized carbons (Fsp3) is 0.294. The van der Waals surface area contributed by atoms with E-state index in [0.717, 1.165) is 18.2 Å². The van der Waals surface area contributed by atoms with Crippen LogP contribution < -0.4 is 4.90 Å². The van der Waals surface area contributed by atoms with Crippen LogP contribution in [0.25, 0.3) is 0 Å². The molecule has 0 saturated carbocycles. The average molecular weight is 345 g/mol. The smallest absolute Gasteiger partial charge is 0.377 e. The predicted molar refractivity (Wildman–Crippen MR) is 81.2 cm³/mol. The molecule has 0 heterocycles. The molecule has 2 aromatic carbocycles. The van der Waals surface area contributed by atoms with Gasteiger partial charge in [-0.3, -0.25) is 0 Å². The minimum absolute atomic E-state index is 0.0628. The fourth-order valence-electron chi connectivity index (χ4n) is 2.56. The van der Waals surface area contributed by atoms with Crippen LogP contribution in [0.15, 0.2) is 54.6 Å². The lowest BCUT2D eigenvalue weighted by atomic mass is 9.79. The summed E-state index contributed by atoms with van der Waals surface area (Å²) in [5.41, 5.74) is -4.56. The van der Waals surface area contributed by atoms with Crippen LogP contribution >= 0.6 is 0 Å². The van der Waals surface area contributed by atoms with E-state index in [1.54, 1.807) is 0 Å². The number of nitrogens with zero attached hydrogens (tertiary/aromatic N) is 1. The Morgan fingerprint density at radius 2 is 1.29 bits per heavy atom. The monoisotopic (exact) mass is 345 g/mol. The predicted octanol–water partition coefficient (Wildman–Crippen LogP) is 4.19. The Morgan fingerprint density at radius 3 is 1.79 bits per heavy atom. The van der Waals surface area contributed by atoms with E-state index in [9.17, 15) is 27.1 Å². The van der Waals surface area contributed by atoms with E-state index in [4.69, 9.17) is 0 Å². The van der Waals surface area contributed by atoms with E-state index >= 15 is 0 Å². The van der Waals surface area contributed by atoms with Crippen molar-refractivity contribution >= 4 is 5.69 Å². The normalized spacial score (nSPS) is 15.0. The van der Waals surface area contributed by atoms with Crippen molar-refractivity contribution in [2.24, 2.45) is 0 Å². The Bertz CT molecular complexity index is 700. The van der Waals surface area contributed by atoms with Gasteiger partial charge in [-0.05, 0) is 11.6 Å². The highest BCUT2D eigenvalue weighted by molar-refractivity contribution is 5.59. The molecule has 0 amide bonds. The van der Waals surface area contributed by atoms with Crippen molar-refractivity contribution < 1.29 is 27.1 Å². The second-order valence-electron chi connectivity index (χ2n) is 5.56. The largest absolute Gasteiger partial charge is 0.457 e. The topological polar surface area (TPSA) is 23.5 Å².